The van der Waals surface area contributed by atoms with E-state index in [0.29, 0.717) is 5.75 Å². The van der Waals surface area contributed by atoms with E-state index in [1.54, 1.807) is 0 Å². The van der Waals surface area contributed by atoms with Crippen LogP contribution in [0.25, 0.3) is 10.8 Å². The van der Waals surface area contributed by atoms with Gasteiger partial charge in [0.05, 0.1) is 4.47 Å². The van der Waals surface area contributed by atoms with Gasteiger partial charge in [-0.2, -0.15) is 5.10 Å². The van der Waals surface area contributed by atoms with E-state index in [-0.39, 0.29) is 12.5 Å². The minimum atomic E-state index is -0.264. The molecule has 0 bridgehead atoms. The third kappa shape index (κ3) is 4.07. The van der Waals surface area contributed by atoms with Crippen molar-refractivity contribution in [1.29, 1.82) is 0 Å². The molecule has 0 radical (unpaired) electrons. The third-order valence-electron chi connectivity index (χ3n) is 3.34. The Balaban J connectivity index is 2.01. The Bertz CT molecular complexity index is 692. The minimum Gasteiger partial charge on any atom is -0.483 e. The fraction of sp³-hybridized carbons (Fsp3) is 0.294. The van der Waals surface area contributed by atoms with E-state index in [0.717, 1.165) is 33.8 Å². The summed E-state index contributed by atoms with van der Waals surface area (Å²) in [7, 11) is 0. The lowest BCUT2D eigenvalue weighted by Gasteiger charge is -2.10. The summed E-state index contributed by atoms with van der Waals surface area (Å²) in [6, 6.07) is 11.8. The molecular weight excluding hydrogens is 344 g/mol. The molecular formula is C17H19BrN2O2. The van der Waals surface area contributed by atoms with E-state index in [9.17, 15) is 4.79 Å². The number of benzene rings is 2. The van der Waals surface area contributed by atoms with E-state index < -0.39 is 0 Å². The molecule has 0 unspecified atom stereocenters. The van der Waals surface area contributed by atoms with Crippen LogP contribution in [0, 0.1) is 0 Å². The van der Waals surface area contributed by atoms with Gasteiger partial charge in [0.2, 0.25) is 0 Å². The quantitative estimate of drug-likeness (QED) is 0.615. The van der Waals surface area contributed by atoms with Crippen LogP contribution in [0.1, 0.15) is 26.7 Å². The van der Waals surface area contributed by atoms with Crippen molar-refractivity contribution in [2.75, 3.05) is 6.61 Å². The summed E-state index contributed by atoms with van der Waals surface area (Å²) in [5, 5.41) is 6.24. The molecule has 5 heteroatoms. The monoisotopic (exact) mass is 362 g/mol. The summed E-state index contributed by atoms with van der Waals surface area (Å²) in [5.41, 5.74) is 3.48. The molecule has 22 heavy (non-hydrogen) atoms. The Morgan fingerprint density at radius 3 is 2.64 bits per heavy atom. The van der Waals surface area contributed by atoms with Crippen molar-refractivity contribution in [3.8, 4) is 5.75 Å². The third-order valence-corrected chi connectivity index (χ3v) is 4.16. The van der Waals surface area contributed by atoms with Gasteiger partial charge in [-0.15, -0.1) is 0 Å². The van der Waals surface area contributed by atoms with Gasteiger partial charge in [0.15, 0.2) is 6.61 Å². The normalized spacial score (nSPS) is 10.3. The zero-order valence-electron chi connectivity index (χ0n) is 12.7. The van der Waals surface area contributed by atoms with Crippen molar-refractivity contribution in [3.63, 3.8) is 0 Å². The molecule has 2 aromatic carbocycles. The van der Waals surface area contributed by atoms with Gasteiger partial charge in [0.25, 0.3) is 5.91 Å². The second kappa shape index (κ2) is 7.94. The molecule has 0 aliphatic heterocycles. The molecule has 116 valence electrons. The molecule has 1 amide bonds. The molecule has 0 heterocycles. The zero-order valence-corrected chi connectivity index (χ0v) is 14.3. The summed E-state index contributed by atoms with van der Waals surface area (Å²) in [6.45, 7) is 3.95. The molecule has 0 saturated carbocycles. The molecule has 0 aliphatic carbocycles. The fourth-order valence-electron chi connectivity index (χ4n) is 2.05. The Kier molecular flexibility index (Phi) is 5.95. The van der Waals surface area contributed by atoms with Crippen molar-refractivity contribution < 1.29 is 9.53 Å². The van der Waals surface area contributed by atoms with Crippen LogP contribution in [0.3, 0.4) is 0 Å². The van der Waals surface area contributed by atoms with Crippen LogP contribution in [-0.4, -0.2) is 18.2 Å². The highest BCUT2D eigenvalue weighted by Crippen LogP contribution is 2.32. The predicted octanol–water partition coefficient (Wildman–Crippen LogP) is 4.27. The Hall–Kier alpha value is -1.88. The molecule has 1 N–H and O–H groups in total. The second-order valence-corrected chi connectivity index (χ2v) is 5.60. The molecule has 0 fully saturated rings. The Labute approximate surface area is 138 Å². The van der Waals surface area contributed by atoms with Crippen LogP contribution in [0.15, 0.2) is 46.0 Å². The van der Waals surface area contributed by atoms with Gasteiger partial charge < -0.3 is 4.74 Å². The number of fused-ring (bicyclic) bond motifs is 1. The number of carbonyl (C=O) groups is 1. The number of ether oxygens (including phenoxy) is 1. The van der Waals surface area contributed by atoms with Gasteiger partial charge >= 0.3 is 0 Å². The number of rotatable bonds is 6. The average Bonchev–Trinajstić information content (AvgIpc) is 2.55. The van der Waals surface area contributed by atoms with Crippen LogP contribution < -0.4 is 10.2 Å². The topological polar surface area (TPSA) is 50.7 Å². The predicted molar refractivity (Wildman–Crippen MR) is 93.3 cm³/mol. The maximum atomic E-state index is 11.8. The molecule has 0 aliphatic rings. The van der Waals surface area contributed by atoms with Crippen LogP contribution in [0.4, 0.5) is 0 Å². The van der Waals surface area contributed by atoms with Crippen molar-refractivity contribution in [2.45, 2.75) is 26.7 Å². The molecule has 2 rings (SSSR count). The standard InChI is InChI=1S/C17H19BrN2O2/c1-3-13(4-2)19-20-16(21)11-22-15-10-9-12-7-5-6-8-14(12)17(15)18/h5-10H,3-4,11H2,1-2H3,(H,20,21). The van der Waals surface area contributed by atoms with E-state index in [4.69, 9.17) is 4.74 Å². The number of amides is 1. The Morgan fingerprint density at radius 2 is 1.91 bits per heavy atom. The lowest BCUT2D eigenvalue weighted by atomic mass is 10.1. The van der Waals surface area contributed by atoms with E-state index >= 15 is 0 Å². The zero-order chi connectivity index (χ0) is 15.9. The smallest absolute Gasteiger partial charge is 0.277 e. The maximum absolute atomic E-state index is 11.8. The number of carbonyl (C=O) groups excluding carboxylic acids is 1. The number of nitrogens with one attached hydrogen (secondary N) is 1. The highest BCUT2D eigenvalue weighted by atomic mass is 79.9. The molecule has 0 atom stereocenters. The van der Waals surface area contributed by atoms with Gasteiger partial charge in [-0.3, -0.25) is 4.79 Å². The van der Waals surface area contributed by atoms with Crippen molar-refractivity contribution >= 4 is 38.3 Å². The van der Waals surface area contributed by atoms with Crippen molar-refractivity contribution in [1.82, 2.24) is 5.43 Å². The van der Waals surface area contributed by atoms with Gasteiger partial charge in [-0.1, -0.05) is 44.2 Å². The first-order valence-corrected chi connectivity index (χ1v) is 8.09. The first-order valence-electron chi connectivity index (χ1n) is 7.30. The van der Waals surface area contributed by atoms with Crippen molar-refractivity contribution in [3.05, 3.63) is 40.9 Å². The second-order valence-electron chi connectivity index (χ2n) is 4.81. The van der Waals surface area contributed by atoms with Crippen LogP contribution in [0.2, 0.25) is 0 Å². The molecule has 0 saturated heterocycles. The number of nitrogens with zero attached hydrogens (tertiary/aromatic N) is 1. The summed E-state index contributed by atoms with van der Waals surface area (Å²) in [5.74, 6) is 0.378. The Morgan fingerprint density at radius 1 is 1.18 bits per heavy atom. The molecule has 0 aromatic heterocycles. The molecule has 2 aromatic rings. The van der Waals surface area contributed by atoms with Crippen molar-refractivity contribution in [2.24, 2.45) is 5.10 Å². The van der Waals surface area contributed by atoms with Gasteiger partial charge in [0, 0.05) is 5.71 Å². The minimum absolute atomic E-state index is 0.0683. The summed E-state index contributed by atoms with van der Waals surface area (Å²) < 4.78 is 6.43. The summed E-state index contributed by atoms with van der Waals surface area (Å²) >= 11 is 3.53. The number of hydrogen-bond acceptors (Lipinski definition) is 3. The van der Waals surface area contributed by atoms with Gasteiger partial charge in [-0.05, 0) is 45.6 Å². The lowest BCUT2D eigenvalue weighted by molar-refractivity contribution is -0.123. The first-order chi connectivity index (χ1) is 10.7. The van der Waals surface area contributed by atoms with Gasteiger partial charge in [-0.25, -0.2) is 5.43 Å². The highest BCUT2D eigenvalue weighted by molar-refractivity contribution is 9.10. The number of hydrogen-bond donors (Lipinski definition) is 1. The summed E-state index contributed by atoms with van der Waals surface area (Å²) in [6.07, 6.45) is 1.65. The molecule has 0 spiro atoms. The van der Waals surface area contributed by atoms with Gasteiger partial charge in [0.1, 0.15) is 5.75 Å². The van der Waals surface area contributed by atoms with Crippen LogP contribution >= 0.6 is 15.9 Å². The lowest BCUT2D eigenvalue weighted by Crippen LogP contribution is -2.25. The molecule has 4 nitrogen and oxygen atoms in total. The van der Waals surface area contributed by atoms with E-state index in [2.05, 4.69) is 26.5 Å². The average molecular weight is 363 g/mol. The highest BCUT2D eigenvalue weighted by Gasteiger charge is 2.08. The van der Waals surface area contributed by atoms with Crippen LogP contribution in [0.5, 0.6) is 5.75 Å². The first kappa shape index (κ1) is 16.5. The van der Waals surface area contributed by atoms with E-state index in [1.165, 1.54) is 0 Å². The summed E-state index contributed by atoms with van der Waals surface area (Å²) in [4.78, 5) is 11.8. The van der Waals surface area contributed by atoms with E-state index in [1.807, 2.05) is 50.2 Å². The SMILES string of the molecule is CCC(CC)=NNC(=O)COc1ccc2ccccc2c1Br. The number of halogens is 1. The van der Waals surface area contributed by atoms with Crippen LogP contribution in [-0.2, 0) is 4.79 Å². The number of hydrazone groups is 1. The fourth-order valence-corrected chi connectivity index (χ4v) is 2.66. The maximum Gasteiger partial charge on any atom is 0.277 e. The largest absolute Gasteiger partial charge is 0.483 e.